The summed E-state index contributed by atoms with van der Waals surface area (Å²) in [4.78, 5) is 19.8. The van der Waals surface area contributed by atoms with Crippen LogP contribution in [0.15, 0.2) is 94.7 Å². The molecular weight excluding hydrogens is 552 g/mol. The van der Waals surface area contributed by atoms with Crippen molar-refractivity contribution in [3.05, 3.63) is 90.5 Å². The van der Waals surface area contributed by atoms with Crippen LogP contribution in [0.1, 0.15) is 37.7 Å². The Kier molecular flexibility index (Phi) is 9.25. The molecule has 1 aliphatic carbocycles. The molecule has 0 radical (unpaired) electrons. The van der Waals surface area contributed by atoms with Crippen molar-refractivity contribution in [1.82, 2.24) is 10.2 Å². The van der Waals surface area contributed by atoms with Crippen molar-refractivity contribution in [3.63, 3.8) is 0 Å². The lowest BCUT2D eigenvalue weighted by Gasteiger charge is -2.47. The zero-order valence-electron chi connectivity index (χ0n) is 25.0. The summed E-state index contributed by atoms with van der Waals surface area (Å²) in [6.07, 6.45) is 4.06. The molecule has 3 fully saturated rings. The molecule has 0 aromatic heterocycles. The molecule has 2 saturated heterocycles. The van der Waals surface area contributed by atoms with Crippen LogP contribution < -0.4 is 10.2 Å². The van der Waals surface area contributed by atoms with Gasteiger partial charge in [0.15, 0.2) is 0 Å². The van der Waals surface area contributed by atoms with Crippen molar-refractivity contribution in [3.8, 4) is 6.07 Å². The number of ether oxygens (including phenoxy) is 1. The van der Waals surface area contributed by atoms with Gasteiger partial charge in [0.1, 0.15) is 6.10 Å². The number of likely N-dealkylation sites (tertiary alicyclic amines) is 1. The molecule has 2 unspecified atom stereocenters. The number of nitrogens with zero attached hydrogens (tertiary/aromatic N) is 3. The van der Waals surface area contributed by atoms with Gasteiger partial charge in [0, 0.05) is 54.0 Å². The molecule has 7 heteroatoms. The Morgan fingerprint density at radius 1 is 0.930 bits per heavy atom. The number of carbonyl (C=O) groups excluding carboxylic acids is 1. The fourth-order valence-corrected chi connectivity index (χ4v) is 8.51. The quantitative estimate of drug-likeness (QED) is 0.289. The molecule has 6 nitrogen and oxygen atoms in total. The van der Waals surface area contributed by atoms with Crippen LogP contribution in [0.2, 0.25) is 0 Å². The Hall–Kier alpha value is -3.47. The summed E-state index contributed by atoms with van der Waals surface area (Å²) in [7, 11) is 1.60. The van der Waals surface area contributed by atoms with Gasteiger partial charge in [-0.2, -0.15) is 5.26 Å². The number of anilines is 1. The summed E-state index contributed by atoms with van der Waals surface area (Å²) in [5.41, 5.74) is 1.73. The number of hydrogen-bond donors (Lipinski definition) is 1. The summed E-state index contributed by atoms with van der Waals surface area (Å²) >= 11 is 1.80. The monoisotopic (exact) mass is 594 g/mol. The van der Waals surface area contributed by atoms with E-state index in [-0.39, 0.29) is 17.9 Å². The number of alkyl carbamates (subject to hydrolysis) is 1. The minimum absolute atomic E-state index is 0.00595. The maximum atomic E-state index is 12.2. The number of nitriles is 1. The summed E-state index contributed by atoms with van der Waals surface area (Å²) < 4.78 is 5.85. The van der Waals surface area contributed by atoms with Crippen LogP contribution in [0.3, 0.4) is 0 Å². The van der Waals surface area contributed by atoms with E-state index >= 15 is 0 Å². The van der Waals surface area contributed by atoms with Crippen molar-refractivity contribution in [2.45, 2.75) is 53.4 Å². The van der Waals surface area contributed by atoms with Gasteiger partial charge in [-0.1, -0.05) is 60.3 Å². The van der Waals surface area contributed by atoms with Crippen LogP contribution in [0.4, 0.5) is 10.5 Å². The van der Waals surface area contributed by atoms with E-state index in [0.29, 0.717) is 5.92 Å². The van der Waals surface area contributed by atoms with Gasteiger partial charge >= 0.3 is 6.09 Å². The van der Waals surface area contributed by atoms with E-state index < -0.39 is 11.5 Å². The maximum absolute atomic E-state index is 12.2. The first-order valence-electron chi connectivity index (χ1n) is 15.7. The van der Waals surface area contributed by atoms with Gasteiger partial charge in [0.25, 0.3) is 0 Å². The summed E-state index contributed by atoms with van der Waals surface area (Å²) in [5, 5.41) is 13.5. The van der Waals surface area contributed by atoms with E-state index in [1.54, 1.807) is 18.8 Å². The fraction of sp³-hybridized carbons (Fsp3) is 0.444. The number of benzene rings is 3. The van der Waals surface area contributed by atoms with Gasteiger partial charge in [-0.05, 0) is 93.1 Å². The van der Waals surface area contributed by atoms with Crippen molar-refractivity contribution in [1.29, 1.82) is 5.26 Å². The van der Waals surface area contributed by atoms with Crippen LogP contribution in [-0.2, 0) is 10.2 Å². The summed E-state index contributed by atoms with van der Waals surface area (Å²) in [6.45, 7) is 5.32. The molecule has 3 aromatic rings. The van der Waals surface area contributed by atoms with Crippen LogP contribution in [0.25, 0.3) is 0 Å². The van der Waals surface area contributed by atoms with Crippen molar-refractivity contribution in [2.75, 3.05) is 44.7 Å². The Labute approximate surface area is 260 Å². The zero-order valence-corrected chi connectivity index (χ0v) is 25.8. The lowest BCUT2D eigenvalue weighted by Crippen LogP contribution is -2.54. The molecule has 0 bridgehead atoms. The second-order valence-corrected chi connectivity index (χ2v) is 13.5. The third-order valence-electron chi connectivity index (χ3n) is 9.82. The molecule has 3 aliphatic rings. The van der Waals surface area contributed by atoms with Gasteiger partial charge in [0.2, 0.25) is 0 Å². The van der Waals surface area contributed by atoms with Gasteiger partial charge in [0.05, 0.1) is 11.5 Å². The second-order valence-electron chi connectivity index (χ2n) is 12.3. The van der Waals surface area contributed by atoms with Crippen molar-refractivity contribution in [2.24, 2.45) is 17.8 Å². The van der Waals surface area contributed by atoms with Gasteiger partial charge in [-0.3, -0.25) is 0 Å². The highest BCUT2D eigenvalue weighted by Gasteiger charge is 2.53. The molecule has 2 aliphatic heterocycles. The molecule has 3 aromatic carbocycles. The van der Waals surface area contributed by atoms with E-state index in [1.807, 2.05) is 18.2 Å². The number of rotatable bonds is 9. The Bertz CT molecular complexity index is 1380. The molecule has 6 rings (SSSR count). The molecule has 1 amide bonds. The molecule has 43 heavy (non-hydrogen) atoms. The molecule has 1 saturated carbocycles. The van der Waals surface area contributed by atoms with Gasteiger partial charge in [-0.15, -0.1) is 0 Å². The highest BCUT2D eigenvalue weighted by atomic mass is 32.2. The van der Waals surface area contributed by atoms with E-state index in [2.05, 4.69) is 87.9 Å². The first-order valence-corrected chi connectivity index (χ1v) is 16.6. The van der Waals surface area contributed by atoms with Crippen LogP contribution in [0, 0.1) is 29.1 Å². The zero-order chi connectivity index (χ0) is 29.6. The highest BCUT2D eigenvalue weighted by molar-refractivity contribution is 7.99. The molecule has 1 N–H and O–H groups in total. The third-order valence-corrected chi connectivity index (χ3v) is 10.8. The molecular formula is C36H42N4O2S. The maximum Gasteiger partial charge on any atom is 0.407 e. The average Bonchev–Trinajstić information content (AvgIpc) is 3.50. The van der Waals surface area contributed by atoms with Crippen molar-refractivity contribution >= 4 is 23.5 Å². The SMILES string of the molecule is CNC(=O)O[C@H]1CCCC1C(C#N)(c1ccccc1)C1CCN(CC2CN(c3ccc(Sc4ccccc4)cc3)C2)CC1. The minimum atomic E-state index is -0.652. The van der Waals surface area contributed by atoms with E-state index in [0.717, 1.165) is 70.4 Å². The van der Waals surface area contributed by atoms with Gasteiger partial charge in [-0.25, -0.2) is 4.79 Å². The molecule has 224 valence electrons. The summed E-state index contributed by atoms with van der Waals surface area (Å²) in [6, 6.07) is 32.6. The highest BCUT2D eigenvalue weighted by Crippen LogP contribution is 2.51. The normalized spacial score (nSPS) is 22.7. The topological polar surface area (TPSA) is 68.6 Å². The van der Waals surface area contributed by atoms with Crippen LogP contribution in [-0.4, -0.2) is 56.9 Å². The first kappa shape index (κ1) is 29.6. The van der Waals surface area contributed by atoms with E-state index in [4.69, 9.17) is 4.74 Å². The smallest absolute Gasteiger partial charge is 0.407 e. The molecule has 0 spiro atoms. The summed E-state index contributed by atoms with van der Waals surface area (Å²) in [5.74, 6) is 0.913. The minimum Gasteiger partial charge on any atom is -0.446 e. The fourth-order valence-electron chi connectivity index (χ4n) is 7.67. The Balaban J connectivity index is 1.05. The molecule has 3 atom stereocenters. The van der Waals surface area contributed by atoms with E-state index in [9.17, 15) is 10.1 Å². The van der Waals surface area contributed by atoms with Crippen LogP contribution in [0.5, 0.6) is 0 Å². The Morgan fingerprint density at radius 2 is 1.58 bits per heavy atom. The van der Waals surface area contributed by atoms with E-state index in [1.165, 1.54) is 15.5 Å². The van der Waals surface area contributed by atoms with Crippen molar-refractivity contribution < 1.29 is 9.53 Å². The van der Waals surface area contributed by atoms with Gasteiger partial charge < -0.3 is 19.9 Å². The standard InChI is InChI=1S/C36H42N4O2S/c1-38-35(41)42-34-14-8-13-33(34)36(26-37,28-9-4-2-5-10-28)29-19-21-39(22-20-29)23-27-24-40(25-27)30-15-17-32(18-16-30)43-31-11-6-3-7-12-31/h2-7,9-12,15-18,27,29,33-34H,8,13-14,19-25H2,1H3,(H,38,41)/t33?,34-,36?/m0/s1. The number of piperidine rings is 1. The first-order chi connectivity index (χ1) is 21.1. The average molecular weight is 595 g/mol. The lowest BCUT2D eigenvalue weighted by atomic mass is 9.59. The second kappa shape index (κ2) is 13.4. The Morgan fingerprint density at radius 3 is 2.23 bits per heavy atom. The number of amides is 1. The lowest BCUT2D eigenvalue weighted by molar-refractivity contribution is 0.0307. The van der Waals surface area contributed by atoms with Crippen LogP contribution >= 0.6 is 11.8 Å². The predicted molar refractivity (Wildman–Crippen MR) is 172 cm³/mol. The third kappa shape index (κ3) is 6.41. The molecule has 2 heterocycles. The number of carbonyl (C=O) groups is 1. The predicted octanol–water partition coefficient (Wildman–Crippen LogP) is 6.97. The number of hydrogen-bond acceptors (Lipinski definition) is 6. The number of nitrogens with one attached hydrogen (secondary N) is 1. The largest absolute Gasteiger partial charge is 0.446 e.